The molecule has 2 aromatic rings. The van der Waals surface area contributed by atoms with Crippen LogP contribution in [0, 0.1) is 12.7 Å². The van der Waals surface area contributed by atoms with Crippen LogP contribution >= 0.6 is 0 Å². The number of rotatable bonds is 3. The van der Waals surface area contributed by atoms with Gasteiger partial charge in [-0.3, -0.25) is 4.90 Å². The number of halogens is 1. The molecule has 1 atom stereocenters. The maximum atomic E-state index is 14.2. The van der Waals surface area contributed by atoms with Gasteiger partial charge < -0.3 is 14.8 Å². The molecule has 0 saturated carbocycles. The number of hydrogen-bond acceptors (Lipinski definition) is 5. The van der Waals surface area contributed by atoms with E-state index in [1.807, 2.05) is 39.0 Å². The number of aryl methyl sites for hydroxylation is 1. The van der Waals surface area contributed by atoms with E-state index in [1.165, 1.54) is 6.07 Å². The Balaban J connectivity index is 1.77. The van der Waals surface area contributed by atoms with E-state index >= 15 is 0 Å². The van der Waals surface area contributed by atoms with Crippen LogP contribution in [-0.2, 0) is 22.5 Å². The van der Waals surface area contributed by atoms with E-state index < -0.39 is 5.60 Å². The Morgan fingerprint density at radius 2 is 2.06 bits per heavy atom. The van der Waals surface area contributed by atoms with Crippen LogP contribution in [0.3, 0.4) is 0 Å². The number of esters is 1. The van der Waals surface area contributed by atoms with Crippen molar-refractivity contribution in [2.24, 2.45) is 0 Å². The van der Waals surface area contributed by atoms with E-state index in [0.717, 1.165) is 22.3 Å². The summed E-state index contributed by atoms with van der Waals surface area (Å²) in [6.45, 7) is 9.13. The van der Waals surface area contributed by atoms with E-state index in [0.29, 0.717) is 37.2 Å². The van der Waals surface area contributed by atoms with Gasteiger partial charge in [0.25, 0.3) is 0 Å². The van der Waals surface area contributed by atoms with Crippen LogP contribution in [0.4, 0.5) is 9.18 Å². The van der Waals surface area contributed by atoms with Gasteiger partial charge in [0.1, 0.15) is 18.0 Å². The molecule has 0 spiro atoms. The summed E-state index contributed by atoms with van der Waals surface area (Å²) in [4.78, 5) is 27.3. The van der Waals surface area contributed by atoms with Crippen molar-refractivity contribution < 1.29 is 23.5 Å². The molecule has 2 aliphatic rings. The standard InChI is InChI=1S/C25H29FN2O4/c1-15-5-6-16(12-20(15)26)11-19-18(8-7-17-14-31-23(29)22(17)19)21-13-27-9-10-28(21)24(30)32-25(2,3)4/h5-8,12,21,27H,9-11,13-14H2,1-4H3. The highest BCUT2D eigenvalue weighted by molar-refractivity contribution is 5.95. The molecule has 2 aliphatic heterocycles. The fraction of sp³-hybridized carbons (Fsp3) is 0.440. The largest absolute Gasteiger partial charge is 0.457 e. The Hall–Kier alpha value is -2.93. The number of nitrogens with zero attached hydrogens (tertiary/aromatic N) is 1. The molecule has 0 bridgehead atoms. The zero-order valence-electron chi connectivity index (χ0n) is 19.0. The third-order valence-corrected chi connectivity index (χ3v) is 5.85. The fourth-order valence-corrected chi connectivity index (χ4v) is 4.28. The van der Waals surface area contributed by atoms with E-state index in [-0.39, 0.29) is 30.5 Å². The lowest BCUT2D eigenvalue weighted by Gasteiger charge is -2.38. The van der Waals surface area contributed by atoms with E-state index in [2.05, 4.69) is 5.32 Å². The Labute approximate surface area is 187 Å². The van der Waals surface area contributed by atoms with Gasteiger partial charge >= 0.3 is 12.1 Å². The number of fused-ring (bicyclic) bond motifs is 1. The second-order valence-electron chi connectivity index (χ2n) is 9.40. The fourth-order valence-electron chi connectivity index (χ4n) is 4.28. The lowest BCUT2D eigenvalue weighted by atomic mass is 9.88. The second-order valence-corrected chi connectivity index (χ2v) is 9.40. The maximum Gasteiger partial charge on any atom is 0.410 e. The molecule has 2 heterocycles. The molecule has 0 aliphatic carbocycles. The number of hydrogen-bond donors (Lipinski definition) is 1. The van der Waals surface area contributed by atoms with Gasteiger partial charge in [-0.2, -0.15) is 0 Å². The highest BCUT2D eigenvalue weighted by Crippen LogP contribution is 2.35. The van der Waals surface area contributed by atoms with Crippen molar-refractivity contribution in [2.75, 3.05) is 19.6 Å². The molecule has 0 aromatic heterocycles. The monoisotopic (exact) mass is 440 g/mol. The van der Waals surface area contributed by atoms with Crippen LogP contribution in [0.15, 0.2) is 30.3 Å². The van der Waals surface area contributed by atoms with Gasteiger partial charge in [0, 0.05) is 25.2 Å². The summed E-state index contributed by atoms with van der Waals surface area (Å²) in [5.41, 5.74) is 3.68. The van der Waals surface area contributed by atoms with Crippen LogP contribution < -0.4 is 5.32 Å². The van der Waals surface area contributed by atoms with Crippen LogP contribution in [0.5, 0.6) is 0 Å². The van der Waals surface area contributed by atoms with Gasteiger partial charge in [0.05, 0.1) is 11.6 Å². The molecule has 1 saturated heterocycles. The molecule has 2 aromatic carbocycles. The first-order valence-electron chi connectivity index (χ1n) is 10.9. The van der Waals surface area contributed by atoms with Gasteiger partial charge in [0.15, 0.2) is 0 Å². The number of cyclic esters (lactones) is 1. The Morgan fingerprint density at radius 3 is 2.78 bits per heavy atom. The molecule has 1 N–H and O–H groups in total. The third-order valence-electron chi connectivity index (χ3n) is 5.85. The molecular formula is C25H29FN2O4. The van der Waals surface area contributed by atoms with Gasteiger partial charge in [-0.1, -0.05) is 24.3 Å². The van der Waals surface area contributed by atoms with E-state index in [4.69, 9.17) is 9.47 Å². The number of amides is 1. The minimum atomic E-state index is -0.615. The summed E-state index contributed by atoms with van der Waals surface area (Å²) in [6.07, 6.45) is -0.0249. The van der Waals surface area contributed by atoms with Crippen molar-refractivity contribution in [3.63, 3.8) is 0 Å². The highest BCUT2D eigenvalue weighted by Gasteiger charge is 2.35. The molecular weight excluding hydrogens is 411 g/mol. The summed E-state index contributed by atoms with van der Waals surface area (Å²) < 4.78 is 25.2. The minimum absolute atomic E-state index is 0.225. The molecule has 7 heteroatoms. The van der Waals surface area contributed by atoms with Crippen LogP contribution in [0.1, 0.15) is 65.0 Å². The van der Waals surface area contributed by atoms with Crippen molar-refractivity contribution in [3.05, 3.63) is 69.5 Å². The Bertz CT molecular complexity index is 1060. The first kappa shape index (κ1) is 22.3. The highest BCUT2D eigenvalue weighted by atomic mass is 19.1. The summed E-state index contributed by atoms with van der Waals surface area (Å²) in [7, 11) is 0. The first-order valence-corrected chi connectivity index (χ1v) is 10.9. The molecule has 1 unspecified atom stereocenters. The average Bonchev–Trinajstić information content (AvgIpc) is 3.11. The zero-order chi connectivity index (χ0) is 23.0. The van der Waals surface area contributed by atoms with Crippen LogP contribution in [0.2, 0.25) is 0 Å². The number of carbonyl (C=O) groups excluding carboxylic acids is 2. The SMILES string of the molecule is Cc1ccc(Cc2c(C3CNCCN3C(=O)OC(C)(C)C)ccc3c2C(=O)OC3)cc1F. The Morgan fingerprint density at radius 1 is 1.28 bits per heavy atom. The normalized spacial score (nSPS) is 18.3. The smallest absolute Gasteiger partial charge is 0.410 e. The Kier molecular flexibility index (Phi) is 5.95. The average molecular weight is 441 g/mol. The molecule has 32 heavy (non-hydrogen) atoms. The third kappa shape index (κ3) is 4.48. The van der Waals surface area contributed by atoms with Crippen molar-refractivity contribution in [1.29, 1.82) is 0 Å². The number of nitrogens with one attached hydrogen (secondary N) is 1. The van der Waals surface area contributed by atoms with E-state index in [1.54, 1.807) is 17.9 Å². The van der Waals surface area contributed by atoms with Crippen LogP contribution in [0.25, 0.3) is 0 Å². The van der Waals surface area contributed by atoms with Crippen molar-refractivity contribution in [3.8, 4) is 0 Å². The number of carbonyl (C=O) groups is 2. The molecule has 1 amide bonds. The van der Waals surface area contributed by atoms with E-state index in [9.17, 15) is 14.0 Å². The maximum absolute atomic E-state index is 14.2. The molecule has 0 radical (unpaired) electrons. The molecule has 4 rings (SSSR count). The molecule has 170 valence electrons. The van der Waals surface area contributed by atoms with Gasteiger partial charge in [-0.15, -0.1) is 0 Å². The second kappa shape index (κ2) is 8.54. The number of piperazine rings is 1. The van der Waals surface area contributed by atoms with Gasteiger partial charge in [-0.05, 0) is 62.4 Å². The summed E-state index contributed by atoms with van der Waals surface area (Å²) >= 11 is 0. The van der Waals surface area contributed by atoms with Crippen molar-refractivity contribution in [2.45, 2.75) is 52.4 Å². The van der Waals surface area contributed by atoms with Crippen molar-refractivity contribution in [1.82, 2.24) is 10.2 Å². The summed E-state index contributed by atoms with van der Waals surface area (Å²) in [5.74, 6) is -0.661. The van der Waals surface area contributed by atoms with Crippen LogP contribution in [-0.4, -0.2) is 42.2 Å². The topological polar surface area (TPSA) is 67.9 Å². The molecule has 6 nitrogen and oxygen atoms in total. The van der Waals surface area contributed by atoms with Gasteiger partial charge in [0.2, 0.25) is 0 Å². The predicted octanol–water partition coefficient (Wildman–Crippen LogP) is 4.28. The minimum Gasteiger partial charge on any atom is -0.457 e. The van der Waals surface area contributed by atoms with Gasteiger partial charge in [-0.25, -0.2) is 14.0 Å². The number of ether oxygens (including phenoxy) is 2. The zero-order valence-corrected chi connectivity index (χ0v) is 19.0. The number of benzene rings is 2. The quantitative estimate of drug-likeness (QED) is 0.722. The predicted molar refractivity (Wildman–Crippen MR) is 118 cm³/mol. The van der Waals surface area contributed by atoms with Crippen molar-refractivity contribution >= 4 is 12.1 Å². The first-order chi connectivity index (χ1) is 15.1. The lowest BCUT2D eigenvalue weighted by Crippen LogP contribution is -2.50. The molecule has 1 fully saturated rings. The summed E-state index contributed by atoms with van der Waals surface area (Å²) in [6, 6.07) is 8.63. The summed E-state index contributed by atoms with van der Waals surface area (Å²) in [5, 5.41) is 3.34. The lowest BCUT2D eigenvalue weighted by molar-refractivity contribution is 0.0117.